The number of carboxylic acids is 1. The molecule has 0 aliphatic carbocycles. The molecule has 2 N–H and O–H groups in total. The van der Waals surface area contributed by atoms with Gasteiger partial charge in [0.15, 0.2) is 5.58 Å². The summed E-state index contributed by atoms with van der Waals surface area (Å²) in [6, 6.07) is 8.28. The summed E-state index contributed by atoms with van der Waals surface area (Å²) in [6.45, 7) is 1.97. The number of hydrogen-bond acceptors (Lipinski definition) is 6. The van der Waals surface area contributed by atoms with Crippen LogP contribution < -0.4 is 10.2 Å². The van der Waals surface area contributed by atoms with E-state index in [0.29, 0.717) is 18.3 Å². The highest BCUT2D eigenvalue weighted by Crippen LogP contribution is 2.26. The van der Waals surface area contributed by atoms with Gasteiger partial charge in [-0.3, -0.25) is 9.59 Å². The van der Waals surface area contributed by atoms with Gasteiger partial charge in [-0.1, -0.05) is 12.1 Å². The number of hydrogen-bond donors (Lipinski definition) is 2. The van der Waals surface area contributed by atoms with Crippen LogP contribution in [-0.2, 0) is 9.59 Å². The maximum absolute atomic E-state index is 12.2. The third-order valence-electron chi connectivity index (χ3n) is 4.19. The Morgan fingerprint density at radius 2 is 2.08 bits per heavy atom. The number of carboxylic acid groups (broad SMARTS) is 1. The van der Waals surface area contributed by atoms with Crippen molar-refractivity contribution in [3.8, 4) is 0 Å². The summed E-state index contributed by atoms with van der Waals surface area (Å²) >= 11 is 1.31. The summed E-state index contributed by atoms with van der Waals surface area (Å²) in [5.74, 6) is -0.111. The number of anilines is 1. The van der Waals surface area contributed by atoms with Gasteiger partial charge in [-0.2, -0.15) is 4.98 Å². The summed E-state index contributed by atoms with van der Waals surface area (Å²) in [5.41, 5.74) is 1.62. The smallest absolute Gasteiger partial charge is 0.313 e. The molecule has 7 nitrogen and oxygen atoms in total. The number of benzene rings is 1. The van der Waals surface area contributed by atoms with E-state index in [-0.39, 0.29) is 17.6 Å². The largest absolute Gasteiger partial charge is 0.481 e. The number of carbonyl (C=O) groups is 2. The van der Waals surface area contributed by atoms with Crippen molar-refractivity contribution < 1.29 is 19.1 Å². The Hall–Kier alpha value is -2.22. The molecule has 1 aliphatic rings. The zero-order valence-corrected chi connectivity index (χ0v) is 14.6. The van der Waals surface area contributed by atoms with E-state index in [0.717, 1.165) is 37.0 Å². The lowest BCUT2D eigenvalue weighted by Gasteiger charge is -2.30. The highest BCUT2D eigenvalue weighted by Gasteiger charge is 2.26. The van der Waals surface area contributed by atoms with Crippen molar-refractivity contribution in [3.63, 3.8) is 0 Å². The number of aromatic nitrogens is 1. The first-order valence-corrected chi connectivity index (χ1v) is 9.47. The van der Waals surface area contributed by atoms with Crippen LogP contribution in [0.5, 0.6) is 0 Å². The van der Waals surface area contributed by atoms with E-state index in [1.807, 2.05) is 24.3 Å². The average molecular weight is 363 g/mol. The Balaban J connectivity index is 1.43. The quantitative estimate of drug-likeness (QED) is 0.726. The van der Waals surface area contributed by atoms with Gasteiger partial charge in [0.05, 0.1) is 5.75 Å². The number of piperidine rings is 1. The van der Waals surface area contributed by atoms with Crippen LogP contribution in [0.2, 0.25) is 0 Å². The van der Waals surface area contributed by atoms with E-state index in [4.69, 9.17) is 9.52 Å². The molecule has 0 saturated carbocycles. The first kappa shape index (κ1) is 17.6. The molecule has 8 heteroatoms. The van der Waals surface area contributed by atoms with Gasteiger partial charge in [-0.25, -0.2) is 0 Å². The lowest BCUT2D eigenvalue weighted by molar-refractivity contribution is -0.134. The standard InChI is InChI=1S/C17H21N3O4S/c21-15(22)11-25-10-7-18-16(23)12-5-8-20(9-6-12)17-19-13-3-1-2-4-14(13)24-17/h1-4,12H,5-11H2,(H,18,23)(H,21,22). The normalized spacial score (nSPS) is 15.4. The monoisotopic (exact) mass is 363 g/mol. The minimum absolute atomic E-state index is 0.00916. The summed E-state index contributed by atoms with van der Waals surface area (Å²) in [5, 5.41) is 11.5. The second kappa shape index (κ2) is 8.24. The number of amides is 1. The number of aliphatic carboxylic acids is 1. The van der Waals surface area contributed by atoms with Gasteiger partial charge < -0.3 is 19.7 Å². The van der Waals surface area contributed by atoms with Gasteiger partial charge in [-0.05, 0) is 25.0 Å². The molecule has 134 valence electrons. The topological polar surface area (TPSA) is 95.7 Å². The Labute approximate surface area is 149 Å². The summed E-state index contributed by atoms with van der Waals surface area (Å²) in [6.07, 6.45) is 1.51. The number of carbonyl (C=O) groups excluding carboxylic acids is 1. The molecule has 0 radical (unpaired) electrons. The van der Waals surface area contributed by atoms with E-state index < -0.39 is 5.97 Å². The van der Waals surface area contributed by atoms with Crippen LogP contribution in [0.4, 0.5) is 6.01 Å². The second-order valence-corrected chi connectivity index (χ2v) is 7.07. The lowest BCUT2D eigenvalue weighted by Crippen LogP contribution is -2.41. The van der Waals surface area contributed by atoms with Gasteiger partial charge in [0.1, 0.15) is 5.52 Å². The van der Waals surface area contributed by atoms with E-state index in [2.05, 4.69) is 15.2 Å². The summed E-state index contributed by atoms with van der Waals surface area (Å²) in [7, 11) is 0. The maximum Gasteiger partial charge on any atom is 0.313 e. The van der Waals surface area contributed by atoms with Gasteiger partial charge in [0, 0.05) is 31.3 Å². The Morgan fingerprint density at radius 3 is 2.80 bits per heavy atom. The van der Waals surface area contributed by atoms with Gasteiger partial charge in [-0.15, -0.1) is 11.8 Å². The SMILES string of the molecule is O=C(O)CSCCNC(=O)C1CCN(c2nc3ccccc3o2)CC1. The molecule has 1 aliphatic heterocycles. The fraction of sp³-hybridized carbons (Fsp3) is 0.471. The molecule has 1 amide bonds. The van der Waals surface area contributed by atoms with Crippen molar-refractivity contribution in [2.24, 2.45) is 5.92 Å². The zero-order valence-electron chi connectivity index (χ0n) is 13.8. The summed E-state index contributed by atoms with van der Waals surface area (Å²) < 4.78 is 5.78. The highest BCUT2D eigenvalue weighted by molar-refractivity contribution is 7.99. The van der Waals surface area contributed by atoms with Crippen molar-refractivity contribution in [2.45, 2.75) is 12.8 Å². The number of fused-ring (bicyclic) bond motifs is 1. The van der Waals surface area contributed by atoms with Gasteiger partial charge in [0.2, 0.25) is 5.91 Å². The fourth-order valence-electron chi connectivity index (χ4n) is 2.88. The number of rotatable bonds is 7. The first-order valence-electron chi connectivity index (χ1n) is 8.31. The van der Waals surface area contributed by atoms with Crippen LogP contribution in [0.15, 0.2) is 28.7 Å². The molecule has 3 rings (SSSR count). The number of nitrogens with one attached hydrogen (secondary N) is 1. The molecule has 1 aromatic carbocycles. The maximum atomic E-state index is 12.2. The van der Waals surface area contributed by atoms with Crippen LogP contribution in [0, 0.1) is 5.92 Å². The minimum atomic E-state index is -0.831. The molecule has 2 aromatic rings. The fourth-order valence-corrected chi connectivity index (χ4v) is 3.44. The molecule has 1 fully saturated rings. The molecule has 1 aromatic heterocycles. The molecule has 0 bridgehead atoms. The summed E-state index contributed by atoms with van der Waals surface area (Å²) in [4.78, 5) is 29.2. The molecule has 1 saturated heterocycles. The third-order valence-corrected chi connectivity index (χ3v) is 5.13. The van der Waals surface area contributed by atoms with Crippen LogP contribution in [0.25, 0.3) is 11.1 Å². The van der Waals surface area contributed by atoms with E-state index in [1.54, 1.807) is 0 Å². The molecule has 0 unspecified atom stereocenters. The van der Waals surface area contributed by atoms with Crippen molar-refractivity contribution in [2.75, 3.05) is 36.0 Å². The van der Waals surface area contributed by atoms with Crippen molar-refractivity contribution >= 4 is 40.8 Å². The van der Waals surface area contributed by atoms with Crippen molar-refractivity contribution in [1.82, 2.24) is 10.3 Å². The lowest BCUT2D eigenvalue weighted by atomic mass is 9.96. The van der Waals surface area contributed by atoms with Crippen LogP contribution in [-0.4, -0.2) is 53.1 Å². The highest BCUT2D eigenvalue weighted by atomic mass is 32.2. The molecular formula is C17H21N3O4S. The zero-order chi connectivity index (χ0) is 17.6. The van der Waals surface area contributed by atoms with Crippen LogP contribution in [0.1, 0.15) is 12.8 Å². The molecule has 0 atom stereocenters. The molecule has 25 heavy (non-hydrogen) atoms. The van der Waals surface area contributed by atoms with Crippen LogP contribution >= 0.6 is 11.8 Å². The average Bonchev–Trinajstić information content (AvgIpc) is 3.05. The number of nitrogens with zero attached hydrogens (tertiary/aromatic N) is 2. The Bertz CT molecular complexity index is 707. The number of thioether (sulfide) groups is 1. The van der Waals surface area contributed by atoms with E-state index in [9.17, 15) is 9.59 Å². The first-order chi connectivity index (χ1) is 12.1. The van der Waals surface area contributed by atoms with Crippen molar-refractivity contribution in [1.29, 1.82) is 0 Å². The molecular weight excluding hydrogens is 342 g/mol. The third kappa shape index (κ3) is 4.66. The minimum Gasteiger partial charge on any atom is -0.481 e. The van der Waals surface area contributed by atoms with Crippen LogP contribution in [0.3, 0.4) is 0 Å². The molecule has 2 heterocycles. The Kier molecular flexibility index (Phi) is 5.80. The predicted octanol–water partition coefficient (Wildman–Crippen LogP) is 1.98. The van der Waals surface area contributed by atoms with Crippen molar-refractivity contribution in [3.05, 3.63) is 24.3 Å². The van der Waals surface area contributed by atoms with E-state index >= 15 is 0 Å². The number of para-hydroxylation sites is 2. The predicted molar refractivity (Wildman–Crippen MR) is 96.9 cm³/mol. The Morgan fingerprint density at radius 1 is 1.32 bits per heavy atom. The molecule has 0 spiro atoms. The number of oxazole rings is 1. The van der Waals surface area contributed by atoms with Gasteiger partial charge in [0.25, 0.3) is 6.01 Å². The van der Waals surface area contributed by atoms with Gasteiger partial charge >= 0.3 is 5.97 Å². The second-order valence-electron chi connectivity index (χ2n) is 5.96. The van der Waals surface area contributed by atoms with E-state index in [1.165, 1.54) is 11.8 Å².